The predicted molar refractivity (Wildman–Crippen MR) is 99.4 cm³/mol. The van der Waals surface area contributed by atoms with E-state index in [9.17, 15) is 14.0 Å². The van der Waals surface area contributed by atoms with Crippen molar-refractivity contribution in [1.82, 2.24) is 4.90 Å². The van der Waals surface area contributed by atoms with Gasteiger partial charge < -0.3 is 19.1 Å². The fourth-order valence-corrected chi connectivity index (χ4v) is 2.70. The normalized spacial score (nSPS) is 12.9. The summed E-state index contributed by atoms with van der Waals surface area (Å²) >= 11 is 0. The van der Waals surface area contributed by atoms with Crippen LogP contribution in [0.4, 0.5) is 4.39 Å². The van der Waals surface area contributed by atoms with Crippen LogP contribution in [0.1, 0.15) is 18.4 Å². The van der Waals surface area contributed by atoms with Crippen LogP contribution in [0.25, 0.3) is 0 Å². The summed E-state index contributed by atoms with van der Waals surface area (Å²) < 4.78 is 29.3. The van der Waals surface area contributed by atoms with Crippen molar-refractivity contribution in [3.05, 3.63) is 59.9 Å². The minimum Gasteiger partial charge on any atom is -0.497 e. The number of carbonyl (C=O) groups is 2. The third kappa shape index (κ3) is 5.45. The maximum Gasteiger partial charge on any atom is 0.344 e. The summed E-state index contributed by atoms with van der Waals surface area (Å²) in [6.07, 6.45) is 1.74. The van der Waals surface area contributed by atoms with Crippen LogP contribution >= 0.6 is 0 Å². The van der Waals surface area contributed by atoms with Gasteiger partial charge in [-0.25, -0.2) is 9.18 Å². The third-order valence-electron chi connectivity index (χ3n) is 4.38. The first-order valence-electron chi connectivity index (χ1n) is 9.02. The van der Waals surface area contributed by atoms with E-state index in [1.54, 1.807) is 54.5 Å². The molecule has 148 valence electrons. The van der Waals surface area contributed by atoms with Crippen LogP contribution in [-0.4, -0.2) is 43.1 Å². The smallest absolute Gasteiger partial charge is 0.344 e. The highest BCUT2D eigenvalue weighted by atomic mass is 19.1. The van der Waals surface area contributed by atoms with E-state index < -0.39 is 12.6 Å². The van der Waals surface area contributed by atoms with E-state index in [4.69, 9.17) is 14.2 Å². The molecule has 0 atom stereocenters. The zero-order chi connectivity index (χ0) is 19.9. The zero-order valence-electron chi connectivity index (χ0n) is 15.6. The van der Waals surface area contributed by atoms with E-state index >= 15 is 0 Å². The van der Waals surface area contributed by atoms with E-state index in [1.807, 2.05) is 0 Å². The van der Waals surface area contributed by atoms with Crippen molar-refractivity contribution >= 4 is 11.9 Å². The highest BCUT2D eigenvalue weighted by Crippen LogP contribution is 2.29. The Kier molecular flexibility index (Phi) is 6.47. The maximum absolute atomic E-state index is 13.9. The maximum atomic E-state index is 13.9. The van der Waals surface area contributed by atoms with Gasteiger partial charge in [-0.15, -0.1) is 0 Å². The van der Waals surface area contributed by atoms with E-state index in [-0.39, 0.29) is 30.9 Å². The lowest BCUT2D eigenvalue weighted by atomic mass is 10.2. The summed E-state index contributed by atoms with van der Waals surface area (Å²) in [5.74, 6) is -0.182. The monoisotopic (exact) mass is 387 g/mol. The Morgan fingerprint density at radius 1 is 1.04 bits per heavy atom. The molecule has 0 bridgehead atoms. The van der Waals surface area contributed by atoms with E-state index in [1.165, 1.54) is 6.07 Å². The van der Waals surface area contributed by atoms with Gasteiger partial charge in [0.2, 0.25) is 0 Å². The molecule has 1 amide bonds. The summed E-state index contributed by atoms with van der Waals surface area (Å²) in [4.78, 5) is 25.9. The average Bonchev–Trinajstić information content (AvgIpc) is 3.55. The van der Waals surface area contributed by atoms with E-state index in [0.717, 1.165) is 12.8 Å². The topological polar surface area (TPSA) is 65.1 Å². The Balaban J connectivity index is 1.47. The van der Waals surface area contributed by atoms with Crippen molar-refractivity contribution in [2.24, 2.45) is 0 Å². The molecule has 6 nitrogen and oxygen atoms in total. The molecule has 1 aliphatic carbocycles. The number of ether oxygens (including phenoxy) is 3. The largest absolute Gasteiger partial charge is 0.497 e. The molecule has 3 rings (SSSR count). The quantitative estimate of drug-likeness (QED) is 0.619. The first-order valence-corrected chi connectivity index (χ1v) is 9.02. The summed E-state index contributed by atoms with van der Waals surface area (Å²) in [7, 11) is 1.56. The second kappa shape index (κ2) is 9.21. The molecular weight excluding hydrogens is 365 g/mol. The minimum absolute atomic E-state index is 0.0707. The molecule has 1 saturated carbocycles. The third-order valence-corrected chi connectivity index (χ3v) is 4.38. The molecule has 7 heteroatoms. The molecule has 0 radical (unpaired) electrons. The molecule has 1 aliphatic rings. The van der Waals surface area contributed by atoms with E-state index in [0.29, 0.717) is 17.1 Å². The standard InChI is InChI=1S/C21H22FNO5/c1-26-17-8-10-18(11-9-17)27-14-21(25)28-13-20(24)23(16-6-7-16)12-15-4-2-3-5-19(15)22/h2-5,8-11,16H,6-7,12-14H2,1H3. The SMILES string of the molecule is COc1ccc(OCC(=O)OCC(=O)N(Cc2ccccc2F)C2CC2)cc1. The Hall–Kier alpha value is -3.09. The molecule has 0 spiro atoms. The lowest BCUT2D eigenvalue weighted by molar-refractivity contribution is -0.154. The predicted octanol–water partition coefficient (Wildman–Crippen LogP) is 2.95. The second-order valence-corrected chi connectivity index (χ2v) is 6.47. The highest BCUT2D eigenvalue weighted by Gasteiger charge is 2.33. The van der Waals surface area contributed by atoms with Crippen molar-refractivity contribution in [2.45, 2.75) is 25.4 Å². The van der Waals surface area contributed by atoms with Crippen molar-refractivity contribution in [3.8, 4) is 11.5 Å². The lowest BCUT2D eigenvalue weighted by Gasteiger charge is -2.22. The number of carbonyl (C=O) groups excluding carboxylic acids is 2. The molecule has 1 fully saturated rings. The second-order valence-electron chi connectivity index (χ2n) is 6.47. The van der Waals surface area contributed by atoms with Crippen molar-refractivity contribution in [2.75, 3.05) is 20.3 Å². The Bertz CT molecular complexity index is 820. The number of benzene rings is 2. The van der Waals surface area contributed by atoms with Gasteiger partial charge in [-0.05, 0) is 43.2 Å². The molecule has 0 heterocycles. The number of nitrogens with zero attached hydrogens (tertiary/aromatic N) is 1. The van der Waals surface area contributed by atoms with Crippen molar-refractivity contribution in [3.63, 3.8) is 0 Å². The zero-order valence-corrected chi connectivity index (χ0v) is 15.6. The molecule has 0 saturated heterocycles. The molecule has 0 aliphatic heterocycles. The molecular formula is C21H22FNO5. The van der Waals surface area contributed by atoms with Crippen molar-refractivity contribution < 1.29 is 28.2 Å². The summed E-state index contributed by atoms with van der Waals surface area (Å²) in [5.41, 5.74) is 0.442. The number of halogens is 1. The van der Waals surface area contributed by atoms with Gasteiger partial charge in [-0.3, -0.25) is 4.79 Å². The Morgan fingerprint density at radius 2 is 1.71 bits per heavy atom. The molecule has 0 unspecified atom stereocenters. The van der Waals surface area contributed by atoms with Crippen LogP contribution in [-0.2, 0) is 20.9 Å². The van der Waals surface area contributed by atoms with Crippen LogP contribution in [0.5, 0.6) is 11.5 Å². The lowest BCUT2D eigenvalue weighted by Crippen LogP contribution is -2.36. The fraction of sp³-hybridized carbons (Fsp3) is 0.333. The van der Waals surface area contributed by atoms with Gasteiger partial charge in [-0.1, -0.05) is 18.2 Å². The number of esters is 1. The van der Waals surface area contributed by atoms with Crippen LogP contribution in [0.15, 0.2) is 48.5 Å². The first-order chi connectivity index (χ1) is 13.6. The fourth-order valence-electron chi connectivity index (χ4n) is 2.70. The summed E-state index contributed by atoms with van der Waals surface area (Å²) in [6.45, 7) is -0.540. The number of rotatable bonds is 9. The summed E-state index contributed by atoms with van der Waals surface area (Å²) in [5, 5.41) is 0. The van der Waals surface area contributed by atoms with Gasteiger partial charge in [0.05, 0.1) is 7.11 Å². The van der Waals surface area contributed by atoms with Gasteiger partial charge >= 0.3 is 5.97 Å². The Labute approximate surface area is 162 Å². The average molecular weight is 387 g/mol. The van der Waals surface area contributed by atoms with Gasteiger partial charge in [0.1, 0.15) is 17.3 Å². The number of amides is 1. The number of hydrogen-bond donors (Lipinski definition) is 0. The Morgan fingerprint density at radius 3 is 2.36 bits per heavy atom. The van der Waals surface area contributed by atoms with Gasteiger partial charge in [0.15, 0.2) is 13.2 Å². The highest BCUT2D eigenvalue weighted by molar-refractivity contribution is 5.81. The number of hydrogen-bond acceptors (Lipinski definition) is 5. The van der Waals surface area contributed by atoms with E-state index in [2.05, 4.69) is 0 Å². The van der Waals surface area contributed by atoms with Gasteiger partial charge in [0.25, 0.3) is 5.91 Å². The molecule has 2 aromatic carbocycles. The van der Waals surface area contributed by atoms with Gasteiger partial charge in [0, 0.05) is 18.2 Å². The minimum atomic E-state index is -0.647. The first kappa shape index (κ1) is 19.7. The molecule has 0 aromatic heterocycles. The number of methoxy groups -OCH3 is 1. The van der Waals surface area contributed by atoms with Crippen LogP contribution in [0.3, 0.4) is 0 Å². The molecule has 0 N–H and O–H groups in total. The molecule has 2 aromatic rings. The van der Waals surface area contributed by atoms with Crippen LogP contribution in [0.2, 0.25) is 0 Å². The van der Waals surface area contributed by atoms with Crippen LogP contribution < -0.4 is 9.47 Å². The molecule has 28 heavy (non-hydrogen) atoms. The van der Waals surface area contributed by atoms with Gasteiger partial charge in [-0.2, -0.15) is 0 Å². The summed E-state index contributed by atoms with van der Waals surface area (Å²) in [6, 6.07) is 13.2. The van der Waals surface area contributed by atoms with Crippen LogP contribution in [0, 0.1) is 5.82 Å². The van der Waals surface area contributed by atoms with Crippen molar-refractivity contribution in [1.29, 1.82) is 0 Å².